The van der Waals surface area contributed by atoms with Crippen LogP contribution in [-0.4, -0.2) is 95.1 Å². The third-order valence-corrected chi connectivity index (χ3v) is 7.91. The van der Waals surface area contributed by atoms with E-state index in [1.807, 2.05) is 12.1 Å². The van der Waals surface area contributed by atoms with E-state index in [4.69, 9.17) is 25.8 Å². The van der Waals surface area contributed by atoms with E-state index in [-0.39, 0.29) is 5.91 Å². The summed E-state index contributed by atoms with van der Waals surface area (Å²) in [7, 11) is 0. The standard InChI is InChI=1S/C26H33N7O3S/c1-26(2,35)25(34)33-8-6-31(7-9-33)16-17-14-21-22(37-17)24(32-10-12-36-13-11-32)30-23(29-21)18-4-3-5-20(28)19(18)15-27/h3-5,14-15,27,35H,6-13,16,28H2,1-2H3. The van der Waals surface area contributed by atoms with Gasteiger partial charge in [-0.15, -0.1) is 11.3 Å². The van der Waals surface area contributed by atoms with Crippen LogP contribution >= 0.6 is 11.3 Å². The maximum atomic E-state index is 12.4. The number of carbonyl (C=O) groups is 1. The molecule has 0 radical (unpaired) electrons. The van der Waals surface area contributed by atoms with E-state index in [9.17, 15) is 9.90 Å². The molecule has 0 spiro atoms. The van der Waals surface area contributed by atoms with Gasteiger partial charge in [-0.05, 0) is 26.0 Å². The van der Waals surface area contributed by atoms with Gasteiger partial charge < -0.3 is 30.8 Å². The number of fused-ring (bicyclic) bond motifs is 1. The minimum atomic E-state index is -1.35. The highest BCUT2D eigenvalue weighted by Crippen LogP contribution is 2.36. The summed E-state index contributed by atoms with van der Waals surface area (Å²) >= 11 is 1.70. The van der Waals surface area contributed by atoms with E-state index < -0.39 is 5.60 Å². The average Bonchev–Trinajstić information content (AvgIpc) is 3.30. The van der Waals surface area contributed by atoms with Gasteiger partial charge in [-0.1, -0.05) is 12.1 Å². The number of rotatable bonds is 6. The minimum absolute atomic E-state index is 0.224. The van der Waals surface area contributed by atoms with Crippen molar-refractivity contribution >= 4 is 45.2 Å². The van der Waals surface area contributed by atoms with E-state index in [2.05, 4.69) is 15.9 Å². The van der Waals surface area contributed by atoms with Crippen LogP contribution in [0, 0.1) is 5.41 Å². The number of morpholine rings is 1. The molecule has 0 aliphatic carbocycles. The molecule has 4 heterocycles. The molecule has 4 N–H and O–H groups in total. The third-order valence-electron chi connectivity index (χ3n) is 6.80. The van der Waals surface area contributed by atoms with Gasteiger partial charge in [0.25, 0.3) is 5.91 Å². The molecular weight excluding hydrogens is 490 g/mol. The number of nitrogens with zero attached hydrogens (tertiary/aromatic N) is 5. The highest BCUT2D eigenvalue weighted by atomic mass is 32.1. The first-order chi connectivity index (χ1) is 17.7. The number of nitrogen functional groups attached to an aromatic ring is 1. The second-order valence-electron chi connectivity index (χ2n) is 9.98. The van der Waals surface area contributed by atoms with Gasteiger partial charge in [-0.2, -0.15) is 0 Å². The van der Waals surface area contributed by atoms with Crippen LogP contribution in [0.3, 0.4) is 0 Å². The number of ether oxygens (including phenoxy) is 1. The second-order valence-corrected chi connectivity index (χ2v) is 11.1. The molecule has 37 heavy (non-hydrogen) atoms. The van der Waals surface area contributed by atoms with Gasteiger partial charge in [0.2, 0.25) is 0 Å². The lowest BCUT2D eigenvalue weighted by atomic mass is 10.1. The number of hydrogen-bond donors (Lipinski definition) is 3. The molecule has 2 aromatic heterocycles. The predicted molar refractivity (Wildman–Crippen MR) is 146 cm³/mol. The molecule has 196 valence electrons. The first-order valence-corrected chi connectivity index (χ1v) is 13.3. The predicted octanol–water partition coefficient (Wildman–Crippen LogP) is 2.19. The third kappa shape index (κ3) is 5.30. The molecule has 0 bridgehead atoms. The van der Waals surface area contributed by atoms with Crippen LogP contribution in [0.25, 0.3) is 21.6 Å². The summed E-state index contributed by atoms with van der Waals surface area (Å²) in [6.07, 6.45) is 1.26. The summed E-state index contributed by atoms with van der Waals surface area (Å²) in [5.41, 5.74) is 7.56. The van der Waals surface area contributed by atoms with E-state index in [1.165, 1.54) is 24.9 Å². The summed E-state index contributed by atoms with van der Waals surface area (Å²) in [6.45, 7) is 9.32. The minimum Gasteiger partial charge on any atom is -0.398 e. The van der Waals surface area contributed by atoms with Crippen LogP contribution in [0.1, 0.15) is 24.3 Å². The van der Waals surface area contributed by atoms with Crippen LogP contribution in [0.15, 0.2) is 24.3 Å². The number of hydrogen-bond acceptors (Lipinski definition) is 10. The molecule has 2 fully saturated rings. The number of nitrogens with one attached hydrogen (secondary N) is 1. The Balaban J connectivity index is 1.44. The lowest BCUT2D eigenvalue weighted by molar-refractivity contribution is -0.149. The van der Waals surface area contributed by atoms with E-state index >= 15 is 0 Å². The number of benzene rings is 1. The Morgan fingerprint density at radius 1 is 1.19 bits per heavy atom. The van der Waals surface area contributed by atoms with E-state index in [1.54, 1.807) is 22.3 Å². The molecule has 1 amide bonds. The zero-order chi connectivity index (χ0) is 26.2. The molecule has 11 heteroatoms. The lowest BCUT2D eigenvalue weighted by Crippen LogP contribution is -2.53. The highest BCUT2D eigenvalue weighted by Gasteiger charge is 2.31. The Labute approximate surface area is 220 Å². The number of aromatic nitrogens is 2. The van der Waals surface area contributed by atoms with Gasteiger partial charge in [0.05, 0.1) is 23.4 Å². The van der Waals surface area contributed by atoms with Crippen molar-refractivity contribution in [3.8, 4) is 11.4 Å². The van der Waals surface area contributed by atoms with Gasteiger partial charge in [-0.25, -0.2) is 9.97 Å². The zero-order valence-electron chi connectivity index (χ0n) is 21.2. The van der Waals surface area contributed by atoms with Crippen LogP contribution in [0.4, 0.5) is 11.5 Å². The fourth-order valence-corrected chi connectivity index (χ4v) is 5.96. The van der Waals surface area contributed by atoms with Crippen LogP contribution in [-0.2, 0) is 16.1 Å². The van der Waals surface area contributed by atoms with Gasteiger partial charge in [0, 0.05) is 73.7 Å². The zero-order valence-corrected chi connectivity index (χ0v) is 22.1. The Kier molecular flexibility index (Phi) is 7.13. The first-order valence-electron chi connectivity index (χ1n) is 12.5. The first kappa shape index (κ1) is 25.5. The molecule has 10 nitrogen and oxygen atoms in total. The Morgan fingerprint density at radius 3 is 2.59 bits per heavy atom. The number of nitrogens with two attached hydrogens (primary N) is 1. The summed E-state index contributed by atoms with van der Waals surface area (Å²) in [5.74, 6) is 1.22. The number of thiophene rings is 1. The maximum absolute atomic E-state index is 12.4. The van der Waals surface area contributed by atoms with Gasteiger partial charge in [-0.3, -0.25) is 9.69 Å². The fourth-order valence-electron chi connectivity index (χ4n) is 4.81. The number of aliphatic hydroxyl groups is 1. The van der Waals surface area contributed by atoms with Crippen LogP contribution < -0.4 is 10.6 Å². The Bertz CT molecular complexity index is 1310. The molecule has 2 aliphatic heterocycles. The number of carbonyl (C=O) groups excluding carboxylic acids is 1. The van der Waals surface area contributed by atoms with Crippen molar-refractivity contribution in [1.82, 2.24) is 19.8 Å². The lowest BCUT2D eigenvalue weighted by Gasteiger charge is -2.36. The number of amides is 1. The number of piperazine rings is 1. The molecule has 1 aromatic carbocycles. The molecule has 5 rings (SSSR count). The molecule has 2 aliphatic rings. The van der Waals surface area contributed by atoms with Crippen molar-refractivity contribution in [1.29, 1.82) is 5.41 Å². The average molecular weight is 524 g/mol. The van der Waals surface area contributed by atoms with Crippen molar-refractivity contribution in [2.45, 2.75) is 26.0 Å². The van der Waals surface area contributed by atoms with Gasteiger partial charge >= 0.3 is 0 Å². The van der Waals surface area contributed by atoms with Crippen LogP contribution in [0.5, 0.6) is 0 Å². The topological polar surface area (TPSA) is 132 Å². The maximum Gasteiger partial charge on any atom is 0.254 e. The normalized spacial score (nSPS) is 17.4. The largest absolute Gasteiger partial charge is 0.398 e. The summed E-state index contributed by atoms with van der Waals surface area (Å²) in [4.78, 5) is 29.8. The summed E-state index contributed by atoms with van der Waals surface area (Å²) < 4.78 is 6.61. The number of anilines is 2. The van der Waals surface area contributed by atoms with Crippen molar-refractivity contribution < 1.29 is 14.6 Å². The van der Waals surface area contributed by atoms with Crippen molar-refractivity contribution in [2.24, 2.45) is 0 Å². The van der Waals surface area contributed by atoms with Crippen LogP contribution in [0.2, 0.25) is 0 Å². The Hall–Kier alpha value is -3.12. The smallest absolute Gasteiger partial charge is 0.254 e. The summed E-state index contributed by atoms with van der Waals surface area (Å²) in [5, 5.41) is 17.9. The molecule has 2 saturated heterocycles. The van der Waals surface area contributed by atoms with Gasteiger partial charge in [0.15, 0.2) is 11.6 Å². The monoisotopic (exact) mass is 523 g/mol. The van der Waals surface area contributed by atoms with Gasteiger partial charge in [0.1, 0.15) is 5.60 Å². The molecular formula is C26H33N7O3S. The SMILES string of the molecule is CC(C)(O)C(=O)N1CCN(Cc2cc3nc(-c4cccc(N)c4C=N)nc(N4CCOCC4)c3s2)CC1. The molecule has 3 aromatic rings. The summed E-state index contributed by atoms with van der Waals surface area (Å²) in [6, 6.07) is 7.67. The van der Waals surface area contributed by atoms with E-state index in [0.29, 0.717) is 43.4 Å². The quantitative estimate of drug-likeness (QED) is 0.331. The molecule has 0 atom stereocenters. The van der Waals surface area contributed by atoms with Crippen molar-refractivity contribution in [3.05, 3.63) is 34.7 Å². The fraction of sp³-hybridized carbons (Fsp3) is 0.462. The Morgan fingerprint density at radius 2 is 1.92 bits per heavy atom. The van der Waals surface area contributed by atoms with Crippen molar-refractivity contribution in [2.75, 3.05) is 63.1 Å². The highest BCUT2D eigenvalue weighted by molar-refractivity contribution is 7.19. The second kappa shape index (κ2) is 10.3. The molecule has 0 saturated carbocycles. The van der Waals surface area contributed by atoms with Crippen molar-refractivity contribution in [3.63, 3.8) is 0 Å². The molecule has 0 unspecified atom stereocenters. The van der Waals surface area contributed by atoms with E-state index in [0.717, 1.165) is 54.3 Å².